The number of urea groups is 1. The van der Waals surface area contributed by atoms with E-state index in [0.717, 1.165) is 17.5 Å². The fourth-order valence-electron chi connectivity index (χ4n) is 3.32. The first-order valence-corrected chi connectivity index (χ1v) is 8.40. The van der Waals surface area contributed by atoms with Crippen molar-refractivity contribution in [1.29, 1.82) is 5.26 Å². The van der Waals surface area contributed by atoms with E-state index in [1.807, 2.05) is 43.3 Å². The van der Waals surface area contributed by atoms with E-state index in [0.29, 0.717) is 12.1 Å². The van der Waals surface area contributed by atoms with Crippen LogP contribution in [-0.4, -0.2) is 29.2 Å². The monoisotopic (exact) mass is 335 g/mol. The third-order valence-corrected chi connectivity index (χ3v) is 4.70. The Labute approximate surface area is 147 Å². The highest BCUT2D eigenvalue weighted by Crippen LogP contribution is 2.29. The predicted octanol–water partition coefficient (Wildman–Crippen LogP) is 2.92. The van der Waals surface area contributed by atoms with E-state index in [1.54, 1.807) is 17.0 Å². The van der Waals surface area contributed by atoms with Gasteiger partial charge in [0.1, 0.15) is 0 Å². The molecular weight excluding hydrogens is 314 g/mol. The van der Waals surface area contributed by atoms with Crippen molar-refractivity contribution in [1.82, 2.24) is 10.2 Å². The van der Waals surface area contributed by atoms with Crippen molar-refractivity contribution in [3.63, 3.8) is 0 Å². The fourth-order valence-corrected chi connectivity index (χ4v) is 3.32. The number of nitrogens with zero attached hydrogens (tertiary/aromatic N) is 2. The molecule has 5 nitrogen and oxygen atoms in total. The number of aliphatic hydroxyl groups is 1. The standard InChI is InChI=1S/C20H21N3O2/c1-14(17-7-4-5-15(11-17)12-21)22-20(25)23-10-9-16-6-2-3-8-18(16)19(23)13-24/h2-8,11,14,19,24H,9-10,13H2,1H3,(H,22,25)/t14-,19-/m0/s1. The van der Waals surface area contributed by atoms with Gasteiger partial charge < -0.3 is 15.3 Å². The lowest BCUT2D eigenvalue weighted by molar-refractivity contribution is 0.125. The smallest absolute Gasteiger partial charge is 0.318 e. The molecule has 0 fully saturated rings. The van der Waals surface area contributed by atoms with Crippen LogP contribution in [0, 0.1) is 11.3 Å². The second kappa shape index (κ2) is 7.37. The molecule has 3 rings (SSSR count). The largest absolute Gasteiger partial charge is 0.394 e. The first-order valence-electron chi connectivity index (χ1n) is 8.40. The Morgan fingerprint density at radius 3 is 2.92 bits per heavy atom. The highest BCUT2D eigenvalue weighted by atomic mass is 16.3. The Hall–Kier alpha value is -2.84. The van der Waals surface area contributed by atoms with Crippen molar-refractivity contribution in [2.75, 3.05) is 13.2 Å². The van der Waals surface area contributed by atoms with Crippen LogP contribution in [0.3, 0.4) is 0 Å². The molecule has 1 aliphatic rings. The quantitative estimate of drug-likeness (QED) is 0.905. The third kappa shape index (κ3) is 3.49. The number of carbonyl (C=O) groups excluding carboxylic acids is 1. The Kier molecular flexibility index (Phi) is 5.01. The predicted molar refractivity (Wildman–Crippen MR) is 94.8 cm³/mol. The van der Waals surface area contributed by atoms with Crippen molar-refractivity contribution in [3.8, 4) is 6.07 Å². The number of fused-ring (bicyclic) bond motifs is 1. The summed E-state index contributed by atoms with van der Waals surface area (Å²) in [6.07, 6.45) is 0.776. The summed E-state index contributed by atoms with van der Waals surface area (Å²) in [5.41, 5.74) is 3.63. The van der Waals surface area contributed by atoms with Crippen LogP contribution in [0.2, 0.25) is 0 Å². The van der Waals surface area contributed by atoms with E-state index >= 15 is 0 Å². The summed E-state index contributed by atoms with van der Waals surface area (Å²) in [7, 11) is 0. The average molecular weight is 335 g/mol. The zero-order valence-electron chi connectivity index (χ0n) is 14.1. The number of rotatable bonds is 3. The van der Waals surface area contributed by atoms with Gasteiger partial charge in [-0.25, -0.2) is 4.79 Å². The number of aliphatic hydroxyl groups excluding tert-OH is 1. The Morgan fingerprint density at radius 1 is 1.36 bits per heavy atom. The molecule has 5 heteroatoms. The topological polar surface area (TPSA) is 76.4 Å². The molecule has 128 valence electrons. The number of hydrogen-bond acceptors (Lipinski definition) is 3. The fraction of sp³-hybridized carbons (Fsp3) is 0.300. The van der Waals surface area contributed by atoms with Crippen molar-refractivity contribution in [2.45, 2.75) is 25.4 Å². The molecule has 2 aromatic carbocycles. The van der Waals surface area contributed by atoms with Crippen LogP contribution in [-0.2, 0) is 6.42 Å². The van der Waals surface area contributed by atoms with Crippen LogP contribution in [0.15, 0.2) is 48.5 Å². The van der Waals surface area contributed by atoms with E-state index in [9.17, 15) is 9.90 Å². The molecule has 25 heavy (non-hydrogen) atoms. The normalized spacial score (nSPS) is 17.3. The van der Waals surface area contributed by atoms with Crippen LogP contribution in [0.25, 0.3) is 0 Å². The first-order chi connectivity index (χ1) is 12.1. The zero-order valence-corrected chi connectivity index (χ0v) is 14.1. The van der Waals surface area contributed by atoms with Gasteiger partial charge in [0, 0.05) is 6.54 Å². The molecule has 2 atom stereocenters. The molecule has 0 unspecified atom stereocenters. The molecule has 0 bridgehead atoms. The van der Waals surface area contributed by atoms with Gasteiger partial charge in [-0.05, 0) is 42.2 Å². The van der Waals surface area contributed by atoms with Crippen LogP contribution in [0.1, 0.15) is 41.3 Å². The molecule has 0 saturated heterocycles. The van der Waals surface area contributed by atoms with E-state index in [-0.39, 0.29) is 24.7 Å². The van der Waals surface area contributed by atoms with E-state index in [4.69, 9.17) is 5.26 Å². The summed E-state index contributed by atoms with van der Waals surface area (Å²) in [6.45, 7) is 2.35. The zero-order chi connectivity index (χ0) is 17.8. The average Bonchev–Trinajstić information content (AvgIpc) is 2.66. The maximum absolute atomic E-state index is 12.8. The lowest BCUT2D eigenvalue weighted by Crippen LogP contribution is -2.47. The minimum atomic E-state index is -0.331. The van der Waals surface area contributed by atoms with Crippen molar-refractivity contribution >= 4 is 6.03 Å². The number of nitrogens with one attached hydrogen (secondary N) is 1. The van der Waals surface area contributed by atoms with Gasteiger partial charge in [-0.15, -0.1) is 0 Å². The molecular formula is C20H21N3O2. The Balaban J connectivity index is 1.75. The maximum Gasteiger partial charge on any atom is 0.318 e. The van der Waals surface area contributed by atoms with Gasteiger partial charge in [-0.2, -0.15) is 5.26 Å². The SMILES string of the molecule is C[C@H](NC(=O)N1CCc2ccccc2[C@@H]1CO)c1cccc(C#N)c1. The van der Waals surface area contributed by atoms with Crippen LogP contribution in [0.4, 0.5) is 4.79 Å². The van der Waals surface area contributed by atoms with Gasteiger partial charge in [0.2, 0.25) is 0 Å². The molecule has 1 heterocycles. The second-order valence-corrected chi connectivity index (χ2v) is 6.25. The van der Waals surface area contributed by atoms with Crippen LogP contribution < -0.4 is 5.32 Å². The summed E-state index contributed by atoms with van der Waals surface area (Å²) in [6, 6.07) is 16.5. The van der Waals surface area contributed by atoms with E-state index in [1.165, 1.54) is 5.56 Å². The van der Waals surface area contributed by atoms with Crippen LogP contribution >= 0.6 is 0 Å². The first kappa shape index (κ1) is 17.0. The molecule has 2 amide bonds. The Morgan fingerprint density at radius 2 is 2.16 bits per heavy atom. The summed E-state index contributed by atoms with van der Waals surface area (Å²) in [4.78, 5) is 14.4. The molecule has 0 spiro atoms. The minimum absolute atomic E-state index is 0.108. The maximum atomic E-state index is 12.8. The van der Waals surface area contributed by atoms with E-state index in [2.05, 4.69) is 11.4 Å². The summed E-state index contributed by atoms with van der Waals surface area (Å²) < 4.78 is 0. The van der Waals surface area contributed by atoms with Crippen molar-refractivity contribution in [2.24, 2.45) is 0 Å². The van der Waals surface area contributed by atoms with E-state index < -0.39 is 0 Å². The minimum Gasteiger partial charge on any atom is -0.394 e. The lowest BCUT2D eigenvalue weighted by atomic mass is 9.93. The molecule has 2 aromatic rings. The molecule has 0 saturated carbocycles. The van der Waals surface area contributed by atoms with Gasteiger partial charge in [0.15, 0.2) is 0 Å². The lowest BCUT2D eigenvalue weighted by Gasteiger charge is -2.37. The summed E-state index contributed by atoms with van der Waals surface area (Å²) in [5.74, 6) is 0. The third-order valence-electron chi connectivity index (χ3n) is 4.70. The Bertz CT molecular complexity index is 813. The second-order valence-electron chi connectivity index (χ2n) is 6.25. The number of carbonyl (C=O) groups is 1. The molecule has 1 aliphatic heterocycles. The van der Waals surface area contributed by atoms with Gasteiger partial charge >= 0.3 is 6.03 Å². The number of amides is 2. The number of hydrogen-bond donors (Lipinski definition) is 2. The molecule has 2 N–H and O–H groups in total. The van der Waals surface area contributed by atoms with Gasteiger partial charge in [-0.1, -0.05) is 36.4 Å². The summed E-state index contributed by atoms with van der Waals surface area (Å²) in [5, 5.41) is 21.8. The van der Waals surface area contributed by atoms with Crippen molar-refractivity contribution < 1.29 is 9.90 Å². The van der Waals surface area contributed by atoms with Gasteiger partial charge in [0.05, 0.1) is 30.3 Å². The highest BCUT2D eigenvalue weighted by molar-refractivity contribution is 5.76. The van der Waals surface area contributed by atoms with Gasteiger partial charge in [0.25, 0.3) is 0 Å². The van der Waals surface area contributed by atoms with Gasteiger partial charge in [-0.3, -0.25) is 0 Å². The van der Waals surface area contributed by atoms with Crippen LogP contribution in [0.5, 0.6) is 0 Å². The van der Waals surface area contributed by atoms with Crippen molar-refractivity contribution in [3.05, 3.63) is 70.8 Å². The highest BCUT2D eigenvalue weighted by Gasteiger charge is 2.30. The molecule has 0 radical (unpaired) electrons. The number of nitriles is 1. The number of benzene rings is 2. The molecule has 0 aliphatic carbocycles. The molecule has 0 aromatic heterocycles. The summed E-state index contributed by atoms with van der Waals surface area (Å²) >= 11 is 0.